The summed E-state index contributed by atoms with van der Waals surface area (Å²) in [6.45, 7) is 4.48. The van der Waals surface area contributed by atoms with Crippen LogP contribution in [0.15, 0.2) is 29.2 Å². The molecule has 0 spiro atoms. The largest absolute Gasteiger partial charge is 0.312 e. The zero-order valence-corrected chi connectivity index (χ0v) is 12.5. The van der Waals surface area contributed by atoms with Crippen molar-refractivity contribution in [2.24, 2.45) is 11.8 Å². The van der Waals surface area contributed by atoms with E-state index in [0.717, 1.165) is 41.2 Å². The predicted molar refractivity (Wildman–Crippen MR) is 88.1 cm³/mol. The Bertz CT molecular complexity index is 804. The molecule has 5 heteroatoms. The summed E-state index contributed by atoms with van der Waals surface area (Å²) in [5.41, 5.74) is 8.50. The molecule has 1 atom stereocenters. The topological polar surface area (TPSA) is 49.3 Å². The first-order valence-corrected chi connectivity index (χ1v) is 8.20. The van der Waals surface area contributed by atoms with Gasteiger partial charge in [0.15, 0.2) is 0 Å². The monoisotopic (exact) mass is 296 g/mol. The van der Waals surface area contributed by atoms with Gasteiger partial charge in [0, 0.05) is 24.7 Å². The van der Waals surface area contributed by atoms with E-state index in [1.807, 2.05) is 29.0 Å². The maximum atomic E-state index is 12.8. The normalized spacial score (nSPS) is 28.6. The predicted octanol–water partition coefficient (Wildman–Crippen LogP) is 2.10. The number of fused-ring (bicyclic) bond motifs is 3. The number of pyridine rings is 1. The summed E-state index contributed by atoms with van der Waals surface area (Å²) in [6, 6.07) is 5.89. The van der Waals surface area contributed by atoms with Crippen LogP contribution in [0.25, 0.3) is 10.8 Å². The number of nitrogens with one attached hydrogen (secondary N) is 2. The maximum absolute atomic E-state index is 12.8. The van der Waals surface area contributed by atoms with Crippen LogP contribution in [-0.2, 0) is 6.54 Å². The lowest BCUT2D eigenvalue weighted by Gasteiger charge is -2.45. The Balaban J connectivity index is 1.56. The van der Waals surface area contributed by atoms with Gasteiger partial charge in [0.05, 0.1) is 16.8 Å². The Morgan fingerprint density at radius 1 is 1.14 bits per heavy atom. The molecule has 4 aliphatic rings. The SMILES string of the molecule is O=c1c2cccc3c2c(cn1CC1CN2CCC1CC2)NN3. The first-order chi connectivity index (χ1) is 10.8. The van der Waals surface area contributed by atoms with Crippen LogP contribution < -0.4 is 16.4 Å². The third-order valence-electron chi connectivity index (χ3n) is 5.66. The van der Waals surface area contributed by atoms with E-state index in [1.165, 1.54) is 25.9 Å². The Kier molecular flexibility index (Phi) is 2.56. The number of benzene rings is 1. The van der Waals surface area contributed by atoms with Gasteiger partial charge < -0.3 is 14.9 Å². The molecule has 3 fully saturated rings. The average Bonchev–Trinajstić information content (AvgIpc) is 2.97. The second kappa shape index (κ2) is 4.49. The van der Waals surface area contributed by atoms with Crippen LogP contribution in [0.1, 0.15) is 12.8 Å². The minimum Gasteiger partial charge on any atom is -0.312 e. The third-order valence-corrected chi connectivity index (χ3v) is 5.66. The van der Waals surface area contributed by atoms with Gasteiger partial charge in [-0.2, -0.15) is 0 Å². The van der Waals surface area contributed by atoms with Gasteiger partial charge >= 0.3 is 0 Å². The highest BCUT2D eigenvalue weighted by Gasteiger charge is 2.34. The van der Waals surface area contributed by atoms with Crippen molar-refractivity contribution >= 4 is 22.1 Å². The summed E-state index contributed by atoms with van der Waals surface area (Å²) in [4.78, 5) is 15.4. The zero-order chi connectivity index (χ0) is 14.7. The fourth-order valence-electron chi connectivity index (χ4n) is 4.47. The van der Waals surface area contributed by atoms with Crippen molar-refractivity contribution < 1.29 is 0 Å². The van der Waals surface area contributed by atoms with E-state index in [-0.39, 0.29) is 5.56 Å². The first-order valence-electron chi connectivity index (χ1n) is 8.20. The lowest BCUT2D eigenvalue weighted by atomic mass is 9.79. The Morgan fingerprint density at radius 2 is 1.95 bits per heavy atom. The summed E-state index contributed by atoms with van der Waals surface area (Å²) >= 11 is 0. The highest BCUT2D eigenvalue weighted by molar-refractivity contribution is 6.06. The van der Waals surface area contributed by atoms with E-state index in [4.69, 9.17) is 0 Å². The molecule has 1 aromatic carbocycles. The number of anilines is 2. The van der Waals surface area contributed by atoms with Crippen molar-refractivity contribution in [3.05, 3.63) is 34.7 Å². The number of aromatic nitrogens is 1. The lowest BCUT2D eigenvalue weighted by Crippen LogP contribution is -2.49. The lowest BCUT2D eigenvalue weighted by molar-refractivity contribution is 0.0419. The van der Waals surface area contributed by atoms with E-state index in [2.05, 4.69) is 15.8 Å². The number of hydrazine groups is 1. The first kappa shape index (κ1) is 12.5. The average molecular weight is 296 g/mol. The standard InChI is InChI=1S/C17H20N4O/c22-17-13-2-1-3-14-16(13)15(19-18-14)10-21(17)9-12-8-20-6-4-11(12)5-7-20/h1-3,10-12,18-19H,4-9H2. The molecule has 1 unspecified atom stereocenters. The Morgan fingerprint density at radius 3 is 2.73 bits per heavy atom. The van der Waals surface area contributed by atoms with Gasteiger partial charge in [-0.05, 0) is 49.9 Å². The van der Waals surface area contributed by atoms with E-state index < -0.39 is 0 Å². The molecule has 0 radical (unpaired) electrons. The van der Waals surface area contributed by atoms with Crippen molar-refractivity contribution in [3.8, 4) is 0 Å². The number of rotatable bonds is 2. The molecule has 0 saturated carbocycles. The van der Waals surface area contributed by atoms with E-state index in [9.17, 15) is 4.79 Å². The molecule has 114 valence electrons. The molecule has 2 N–H and O–H groups in total. The van der Waals surface area contributed by atoms with Gasteiger partial charge in [-0.25, -0.2) is 0 Å². The van der Waals surface area contributed by atoms with Gasteiger partial charge in [-0.15, -0.1) is 0 Å². The molecule has 5 nitrogen and oxygen atoms in total. The summed E-state index contributed by atoms with van der Waals surface area (Å²) in [6.07, 6.45) is 4.58. The molecular formula is C17H20N4O. The molecule has 2 bridgehead atoms. The smallest absolute Gasteiger partial charge is 0.258 e. The molecule has 0 amide bonds. The van der Waals surface area contributed by atoms with Crippen molar-refractivity contribution in [2.45, 2.75) is 19.4 Å². The van der Waals surface area contributed by atoms with E-state index in [0.29, 0.717) is 5.92 Å². The molecule has 22 heavy (non-hydrogen) atoms. The fraction of sp³-hybridized carbons (Fsp3) is 0.471. The second-order valence-electron chi connectivity index (χ2n) is 6.88. The number of piperidine rings is 3. The molecule has 6 rings (SSSR count). The molecular weight excluding hydrogens is 276 g/mol. The number of hydrogen-bond acceptors (Lipinski definition) is 4. The van der Waals surface area contributed by atoms with Crippen LogP contribution >= 0.6 is 0 Å². The van der Waals surface area contributed by atoms with Crippen molar-refractivity contribution in [2.75, 3.05) is 30.5 Å². The van der Waals surface area contributed by atoms with E-state index in [1.54, 1.807) is 0 Å². The highest BCUT2D eigenvalue weighted by atomic mass is 16.1. The van der Waals surface area contributed by atoms with Crippen LogP contribution in [0.4, 0.5) is 11.4 Å². The van der Waals surface area contributed by atoms with E-state index >= 15 is 0 Å². The highest BCUT2D eigenvalue weighted by Crippen LogP contribution is 2.35. The quantitative estimate of drug-likeness (QED) is 0.891. The number of hydrogen-bond donors (Lipinski definition) is 2. The van der Waals surface area contributed by atoms with Gasteiger partial charge in [-0.3, -0.25) is 10.2 Å². The van der Waals surface area contributed by atoms with Gasteiger partial charge in [-0.1, -0.05) is 6.07 Å². The maximum Gasteiger partial charge on any atom is 0.258 e. The molecule has 4 aliphatic heterocycles. The van der Waals surface area contributed by atoms with Crippen LogP contribution in [-0.4, -0.2) is 29.1 Å². The molecule has 1 aromatic heterocycles. The van der Waals surface area contributed by atoms with Crippen molar-refractivity contribution in [1.82, 2.24) is 9.47 Å². The van der Waals surface area contributed by atoms with Gasteiger partial charge in [0.25, 0.3) is 5.56 Å². The minimum atomic E-state index is 0.141. The minimum absolute atomic E-state index is 0.141. The summed E-state index contributed by atoms with van der Waals surface area (Å²) < 4.78 is 1.92. The molecule has 0 aliphatic carbocycles. The van der Waals surface area contributed by atoms with Crippen LogP contribution in [0.2, 0.25) is 0 Å². The fourth-order valence-corrected chi connectivity index (χ4v) is 4.47. The van der Waals surface area contributed by atoms with Crippen LogP contribution in [0.3, 0.4) is 0 Å². The second-order valence-corrected chi connectivity index (χ2v) is 6.88. The van der Waals surface area contributed by atoms with Crippen molar-refractivity contribution in [3.63, 3.8) is 0 Å². The molecule has 5 heterocycles. The van der Waals surface area contributed by atoms with Crippen molar-refractivity contribution in [1.29, 1.82) is 0 Å². The number of nitrogens with zero attached hydrogens (tertiary/aromatic N) is 2. The van der Waals surface area contributed by atoms with Gasteiger partial charge in [0.2, 0.25) is 0 Å². The van der Waals surface area contributed by atoms with Crippen LogP contribution in [0, 0.1) is 11.8 Å². The summed E-state index contributed by atoms with van der Waals surface area (Å²) in [5.74, 6) is 1.40. The summed E-state index contributed by atoms with van der Waals surface area (Å²) in [5, 5.41) is 1.84. The molecule has 3 saturated heterocycles. The van der Waals surface area contributed by atoms with Gasteiger partial charge in [0.1, 0.15) is 0 Å². The Hall–Kier alpha value is -2.01. The third kappa shape index (κ3) is 1.72. The zero-order valence-electron chi connectivity index (χ0n) is 12.5. The molecule has 2 aromatic rings. The van der Waals surface area contributed by atoms with Crippen LogP contribution in [0.5, 0.6) is 0 Å². The Labute approximate surface area is 128 Å². The summed E-state index contributed by atoms with van der Waals surface area (Å²) in [7, 11) is 0.